The number of anilines is 1. The van der Waals surface area contributed by atoms with Crippen molar-refractivity contribution in [2.75, 3.05) is 31.2 Å². The summed E-state index contributed by atoms with van der Waals surface area (Å²) in [6, 6.07) is 20.1. The second-order valence-electron chi connectivity index (χ2n) is 8.28. The molecule has 0 saturated carbocycles. The molecular formula is C28H22N3NaO5. The zero-order valence-corrected chi connectivity index (χ0v) is 22.3. The van der Waals surface area contributed by atoms with Crippen LogP contribution in [0.15, 0.2) is 77.6 Å². The topological polar surface area (TPSA) is 112 Å². The number of aromatic carboxylic acids is 1. The number of aromatic nitrogens is 1. The standard InChI is InChI=1S/C28H23N3O5.Na/c29-16-25-24(22-9-12-35-18-22)15-26(20-5-7-23(8-6-20)31-10-13-34-14-11-31)30-27(25)36-17-19-1-3-21(4-2-19)28(32)33;/h1-9,12,15,18H,10-11,13-14,17H2,(H,32,33);/q;+1/p-1. The fraction of sp³-hybridized carbons (Fsp3) is 0.179. The van der Waals surface area contributed by atoms with Gasteiger partial charge < -0.3 is 28.7 Å². The number of carboxylic acid groups (broad SMARTS) is 1. The third kappa shape index (κ3) is 6.04. The van der Waals surface area contributed by atoms with Crippen LogP contribution in [0.3, 0.4) is 0 Å². The number of furan rings is 1. The Morgan fingerprint density at radius 2 is 1.78 bits per heavy atom. The molecule has 1 aliphatic heterocycles. The number of rotatable bonds is 7. The Bertz CT molecular complexity index is 1390. The number of carbonyl (C=O) groups excluding carboxylic acids is 1. The third-order valence-corrected chi connectivity index (χ3v) is 6.03. The van der Waals surface area contributed by atoms with Crippen molar-refractivity contribution >= 4 is 11.7 Å². The summed E-state index contributed by atoms with van der Waals surface area (Å²) in [4.78, 5) is 18.0. The van der Waals surface area contributed by atoms with E-state index in [0.717, 1.165) is 35.5 Å². The smallest absolute Gasteiger partial charge is 0.545 e. The van der Waals surface area contributed by atoms with Gasteiger partial charge in [0.2, 0.25) is 5.88 Å². The van der Waals surface area contributed by atoms with Crippen LogP contribution in [0.2, 0.25) is 0 Å². The Morgan fingerprint density at radius 1 is 1.05 bits per heavy atom. The number of nitriles is 1. The van der Waals surface area contributed by atoms with E-state index >= 15 is 0 Å². The second-order valence-corrected chi connectivity index (χ2v) is 8.28. The molecule has 37 heavy (non-hydrogen) atoms. The van der Waals surface area contributed by atoms with Crippen LogP contribution in [0.5, 0.6) is 5.88 Å². The second kappa shape index (κ2) is 12.1. The van der Waals surface area contributed by atoms with E-state index < -0.39 is 5.97 Å². The van der Waals surface area contributed by atoms with Crippen LogP contribution in [0.1, 0.15) is 21.5 Å². The van der Waals surface area contributed by atoms with E-state index in [1.54, 1.807) is 30.7 Å². The van der Waals surface area contributed by atoms with Gasteiger partial charge in [0.15, 0.2) is 0 Å². The molecule has 0 N–H and O–H groups in total. The van der Waals surface area contributed by atoms with Gasteiger partial charge in [0.1, 0.15) is 18.2 Å². The molecule has 1 saturated heterocycles. The molecule has 0 bridgehead atoms. The number of morpholine rings is 1. The molecular weight excluding hydrogens is 481 g/mol. The molecule has 0 unspecified atom stereocenters. The van der Waals surface area contributed by atoms with Gasteiger partial charge >= 0.3 is 29.6 Å². The summed E-state index contributed by atoms with van der Waals surface area (Å²) in [6.45, 7) is 3.23. The first-order valence-electron chi connectivity index (χ1n) is 11.5. The van der Waals surface area contributed by atoms with E-state index in [1.165, 1.54) is 12.1 Å². The van der Waals surface area contributed by atoms with Crippen molar-refractivity contribution in [2.24, 2.45) is 0 Å². The molecule has 9 heteroatoms. The maximum atomic E-state index is 11.0. The van der Waals surface area contributed by atoms with Crippen molar-refractivity contribution in [1.82, 2.24) is 4.98 Å². The van der Waals surface area contributed by atoms with Gasteiger partial charge in [-0.1, -0.05) is 36.4 Å². The Kier molecular flexibility index (Phi) is 8.64. The molecule has 2 aromatic carbocycles. The van der Waals surface area contributed by atoms with Crippen LogP contribution < -0.4 is 44.3 Å². The number of pyridine rings is 1. The van der Waals surface area contributed by atoms with Gasteiger partial charge in [-0.3, -0.25) is 0 Å². The molecule has 180 valence electrons. The first kappa shape index (κ1) is 26.5. The van der Waals surface area contributed by atoms with Crippen LogP contribution in [0, 0.1) is 11.3 Å². The zero-order chi connectivity index (χ0) is 24.9. The average molecular weight is 503 g/mol. The predicted molar refractivity (Wildman–Crippen MR) is 130 cm³/mol. The van der Waals surface area contributed by atoms with Crippen molar-refractivity contribution in [3.63, 3.8) is 0 Å². The Labute approximate surface area is 236 Å². The number of carboxylic acids is 1. The maximum Gasteiger partial charge on any atom is 1.00 e. The number of benzene rings is 2. The van der Waals surface area contributed by atoms with Gasteiger partial charge in [0, 0.05) is 35.5 Å². The van der Waals surface area contributed by atoms with Crippen LogP contribution in [0.25, 0.3) is 22.4 Å². The molecule has 1 fully saturated rings. The Morgan fingerprint density at radius 3 is 2.41 bits per heavy atom. The average Bonchev–Trinajstić information content (AvgIpc) is 3.47. The normalized spacial score (nSPS) is 12.9. The molecule has 0 atom stereocenters. The summed E-state index contributed by atoms with van der Waals surface area (Å²) in [7, 11) is 0. The summed E-state index contributed by atoms with van der Waals surface area (Å²) >= 11 is 0. The SMILES string of the molecule is N#Cc1c(-c2ccoc2)cc(-c2ccc(N3CCOCC3)cc2)nc1OCc1ccc(C(=O)[O-])cc1.[Na+]. The molecule has 8 nitrogen and oxygen atoms in total. The van der Waals surface area contributed by atoms with Gasteiger partial charge in [-0.2, -0.15) is 5.26 Å². The number of ether oxygens (including phenoxy) is 2. The minimum atomic E-state index is -1.24. The molecule has 2 aromatic heterocycles. The monoisotopic (exact) mass is 503 g/mol. The fourth-order valence-corrected chi connectivity index (χ4v) is 4.08. The number of hydrogen-bond donors (Lipinski definition) is 0. The molecule has 1 aliphatic rings. The van der Waals surface area contributed by atoms with Crippen molar-refractivity contribution in [3.8, 4) is 34.3 Å². The first-order chi connectivity index (χ1) is 17.6. The van der Waals surface area contributed by atoms with E-state index in [2.05, 4.69) is 28.1 Å². The fourth-order valence-electron chi connectivity index (χ4n) is 4.08. The summed E-state index contributed by atoms with van der Waals surface area (Å²) in [6.07, 6.45) is 3.12. The van der Waals surface area contributed by atoms with Crippen LogP contribution >= 0.6 is 0 Å². The van der Waals surface area contributed by atoms with Crippen LogP contribution in [-0.4, -0.2) is 37.3 Å². The van der Waals surface area contributed by atoms with E-state index in [1.807, 2.05) is 18.2 Å². The van der Waals surface area contributed by atoms with Crippen LogP contribution in [0.4, 0.5) is 5.69 Å². The molecule has 5 rings (SSSR count). The molecule has 0 aliphatic carbocycles. The molecule has 3 heterocycles. The van der Waals surface area contributed by atoms with Crippen molar-refractivity contribution < 1.29 is 53.3 Å². The first-order valence-corrected chi connectivity index (χ1v) is 11.5. The summed E-state index contributed by atoms with van der Waals surface area (Å²) in [5.41, 5.74) is 5.14. The number of hydrogen-bond acceptors (Lipinski definition) is 8. The number of carbonyl (C=O) groups is 1. The minimum absolute atomic E-state index is 0. The van der Waals surface area contributed by atoms with Crippen molar-refractivity contribution in [1.29, 1.82) is 5.26 Å². The number of nitrogens with zero attached hydrogens (tertiary/aromatic N) is 3. The molecule has 0 spiro atoms. The Hall–Kier alpha value is -3.61. The van der Waals surface area contributed by atoms with E-state index in [4.69, 9.17) is 13.9 Å². The minimum Gasteiger partial charge on any atom is -0.545 e. The van der Waals surface area contributed by atoms with Gasteiger partial charge in [-0.05, 0) is 35.4 Å². The quantitative estimate of drug-likeness (QED) is 0.338. The maximum absolute atomic E-state index is 11.0. The predicted octanol–water partition coefficient (Wildman–Crippen LogP) is 0.663. The Balaban J connectivity index is 0.00000320. The van der Waals surface area contributed by atoms with Gasteiger partial charge in [-0.15, -0.1) is 0 Å². The van der Waals surface area contributed by atoms with E-state index in [9.17, 15) is 15.2 Å². The van der Waals surface area contributed by atoms with E-state index in [0.29, 0.717) is 24.5 Å². The summed E-state index contributed by atoms with van der Waals surface area (Å²) in [5.74, 6) is -1.06. The summed E-state index contributed by atoms with van der Waals surface area (Å²) in [5, 5.41) is 21.0. The molecule has 4 aromatic rings. The summed E-state index contributed by atoms with van der Waals surface area (Å²) < 4.78 is 16.7. The third-order valence-electron chi connectivity index (χ3n) is 6.03. The van der Waals surface area contributed by atoms with Gasteiger partial charge in [-0.25, -0.2) is 4.98 Å². The molecule has 0 amide bonds. The largest absolute Gasteiger partial charge is 1.00 e. The molecule has 0 radical (unpaired) electrons. The van der Waals surface area contributed by atoms with Gasteiger partial charge in [0.25, 0.3) is 0 Å². The zero-order valence-electron chi connectivity index (χ0n) is 20.3. The van der Waals surface area contributed by atoms with Crippen LogP contribution in [-0.2, 0) is 11.3 Å². The van der Waals surface area contributed by atoms with Gasteiger partial charge in [0.05, 0.1) is 37.4 Å². The van der Waals surface area contributed by atoms with Crippen molar-refractivity contribution in [2.45, 2.75) is 6.61 Å². The van der Waals surface area contributed by atoms with E-state index in [-0.39, 0.29) is 53.2 Å². The van der Waals surface area contributed by atoms with Crippen molar-refractivity contribution in [3.05, 3.63) is 89.9 Å².